The predicted molar refractivity (Wildman–Crippen MR) is 272 cm³/mol. The Hall–Kier alpha value is -7.12. The van der Waals surface area contributed by atoms with Crippen LogP contribution in [0.15, 0.2) is 173 Å². The topological polar surface area (TPSA) is 70.7 Å². The Morgan fingerprint density at radius 2 is 1.57 bits per heavy atom. The summed E-state index contributed by atoms with van der Waals surface area (Å²) in [5.74, 6) is 2.47. The molecule has 2 aliphatic heterocycles. The minimum Gasteiger partial charge on any atom is -0.330 e. The lowest BCUT2D eigenvalue weighted by atomic mass is 9.73. The summed E-state index contributed by atoms with van der Waals surface area (Å²) in [6, 6.07) is 31.0. The number of nitrogens with zero attached hydrogens (tertiary/aromatic N) is 6. The lowest BCUT2D eigenvalue weighted by molar-refractivity contribution is 0.475. The Morgan fingerprint density at radius 3 is 2.34 bits per heavy atom. The molecule has 4 heterocycles. The zero-order valence-electron chi connectivity index (χ0n) is 38.2. The van der Waals surface area contributed by atoms with E-state index in [9.17, 15) is 0 Å². The highest BCUT2D eigenvalue weighted by molar-refractivity contribution is 6.16. The molecule has 0 saturated heterocycles. The van der Waals surface area contributed by atoms with E-state index in [1.54, 1.807) is 0 Å². The Bertz CT molecular complexity index is 3210. The number of benzene rings is 4. The van der Waals surface area contributed by atoms with E-state index in [1.165, 1.54) is 44.2 Å². The van der Waals surface area contributed by atoms with Crippen LogP contribution in [-0.2, 0) is 5.41 Å². The number of hydrogen-bond donors (Lipinski definition) is 1. The van der Waals surface area contributed by atoms with Gasteiger partial charge in [-0.3, -0.25) is 14.5 Å². The van der Waals surface area contributed by atoms with Crippen molar-refractivity contribution in [3.05, 3.63) is 185 Å². The molecule has 11 rings (SSSR count). The number of allylic oxidation sites excluding steroid dienone is 11. The fourth-order valence-electron chi connectivity index (χ4n) is 10.7. The Labute approximate surface area is 382 Å². The highest BCUT2D eigenvalue weighted by atomic mass is 15.3. The molecule has 3 aliphatic carbocycles. The van der Waals surface area contributed by atoms with Crippen molar-refractivity contribution in [2.45, 2.75) is 78.7 Å². The van der Waals surface area contributed by atoms with Crippen LogP contribution in [0.25, 0.3) is 38.6 Å². The molecule has 3 unspecified atom stereocenters. The quantitative estimate of drug-likeness (QED) is 0.170. The minimum atomic E-state index is -0.327. The molecule has 3 atom stereocenters. The van der Waals surface area contributed by atoms with Gasteiger partial charge in [-0.05, 0) is 123 Å². The molecule has 5 aliphatic rings. The molecule has 0 bridgehead atoms. The summed E-state index contributed by atoms with van der Waals surface area (Å²) in [6.07, 6.45) is 28.9. The number of hydrogen-bond acceptors (Lipinski definition) is 6. The molecule has 2 aromatic heterocycles. The van der Waals surface area contributed by atoms with Gasteiger partial charge in [0.2, 0.25) is 11.9 Å². The highest BCUT2D eigenvalue weighted by Crippen LogP contribution is 2.53. The lowest BCUT2D eigenvalue weighted by Crippen LogP contribution is -2.37. The molecule has 0 fully saturated rings. The molecule has 0 saturated carbocycles. The highest BCUT2D eigenvalue weighted by Gasteiger charge is 2.39. The van der Waals surface area contributed by atoms with Crippen molar-refractivity contribution in [1.82, 2.24) is 19.9 Å². The van der Waals surface area contributed by atoms with E-state index in [0.29, 0.717) is 17.8 Å². The fraction of sp³-hybridized carbons (Fsp3) is 0.241. The monoisotopic (exact) mass is 849 g/mol. The van der Waals surface area contributed by atoms with E-state index in [4.69, 9.17) is 20.0 Å². The zero-order chi connectivity index (χ0) is 44.4. The van der Waals surface area contributed by atoms with E-state index in [-0.39, 0.29) is 11.5 Å². The second-order valence-corrected chi connectivity index (χ2v) is 18.6. The van der Waals surface area contributed by atoms with Crippen LogP contribution in [0.3, 0.4) is 0 Å². The Balaban J connectivity index is 1.08. The first-order chi connectivity index (χ1) is 31.7. The summed E-state index contributed by atoms with van der Waals surface area (Å²) in [5.41, 5.74) is 16.0. The molecule has 6 aromatic rings. The van der Waals surface area contributed by atoms with Gasteiger partial charge in [0.15, 0.2) is 0 Å². The number of para-hydroxylation sites is 2. The van der Waals surface area contributed by atoms with Gasteiger partial charge in [-0.2, -0.15) is 0 Å². The predicted octanol–water partition coefficient (Wildman–Crippen LogP) is 14.2. The van der Waals surface area contributed by atoms with E-state index >= 15 is 0 Å². The third kappa shape index (κ3) is 6.87. The summed E-state index contributed by atoms with van der Waals surface area (Å²) < 4.78 is 2.34. The van der Waals surface area contributed by atoms with Crippen LogP contribution in [0, 0.1) is 18.8 Å². The first-order valence-corrected chi connectivity index (χ1v) is 23.2. The molecule has 1 N–H and O–H groups in total. The van der Waals surface area contributed by atoms with Crippen molar-refractivity contribution >= 4 is 62.6 Å². The number of fused-ring (bicyclic) bond motifs is 5. The van der Waals surface area contributed by atoms with Crippen molar-refractivity contribution in [3.8, 4) is 11.3 Å². The van der Waals surface area contributed by atoms with Gasteiger partial charge in [-0.1, -0.05) is 135 Å². The van der Waals surface area contributed by atoms with Gasteiger partial charge in [0.05, 0.1) is 28.1 Å². The maximum Gasteiger partial charge on any atom is 0.235 e. The lowest BCUT2D eigenvalue weighted by Gasteiger charge is -2.41. The molecule has 65 heavy (non-hydrogen) atoms. The zero-order valence-corrected chi connectivity index (χ0v) is 38.2. The second kappa shape index (κ2) is 16.1. The van der Waals surface area contributed by atoms with Crippen molar-refractivity contribution in [2.24, 2.45) is 21.8 Å². The second-order valence-electron chi connectivity index (χ2n) is 18.6. The summed E-state index contributed by atoms with van der Waals surface area (Å²) in [5, 5.41) is 6.15. The SMILES string of the molecule is CC=Nc1c(C)nc(N2c3ccccc3C(C)(C)c3cc4c5ccccc5n(C5=NC(C6=CCC(C7C=CC=CC7)C=C6)C(C)=C(C)N5)c4cc32)nc1-c1ccc(C2=CC=CCC2)cc1. The van der Waals surface area contributed by atoms with Crippen LogP contribution in [0.1, 0.15) is 82.7 Å². The number of anilines is 3. The van der Waals surface area contributed by atoms with Gasteiger partial charge >= 0.3 is 0 Å². The summed E-state index contributed by atoms with van der Waals surface area (Å²) in [6.45, 7) is 13.1. The average molecular weight is 850 g/mol. The standard InChI is InChI=1S/C58H55N7/c1-7-59-54-38(4)61-57(63-55(54)44-32-28-42(29-33-44)40-20-12-9-13-21-40)65-50-25-17-15-23-47(50)58(5,6)48-34-46-45-22-14-16-24-49(45)64(51(46)35-52(48)65)56-60-37(3)36(2)53(62-56)43-30-26-41(27-31-43)39-18-10-8-11-19-39/h7-12,14-18,20,22-26,28-35,39,41,53H,13,19,21,27H2,1-6H3,(H,60,62). The van der Waals surface area contributed by atoms with E-state index in [0.717, 1.165) is 82.4 Å². The van der Waals surface area contributed by atoms with E-state index < -0.39 is 0 Å². The molecule has 7 nitrogen and oxygen atoms in total. The fourth-order valence-corrected chi connectivity index (χ4v) is 10.7. The van der Waals surface area contributed by atoms with E-state index in [1.807, 2.05) is 13.1 Å². The number of nitrogens with one attached hydrogen (secondary N) is 1. The summed E-state index contributed by atoms with van der Waals surface area (Å²) >= 11 is 0. The smallest absolute Gasteiger partial charge is 0.235 e. The van der Waals surface area contributed by atoms with Crippen molar-refractivity contribution in [1.29, 1.82) is 0 Å². The number of aromatic nitrogens is 3. The Morgan fingerprint density at radius 1 is 0.769 bits per heavy atom. The van der Waals surface area contributed by atoms with Gasteiger partial charge in [0.1, 0.15) is 17.4 Å². The van der Waals surface area contributed by atoms with Crippen LogP contribution in [0.4, 0.5) is 23.0 Å². The average Bonchev–Trinajstić information content (AvgIpc) is 3.67. The number of aryl methyl sites for hydroxylation is 1. The van der Waals surface area contributed by atoms with Crippen molar-refractivity contribution in [2.75, 3.05) is 4.90 Å². The van der Waals surface area contributed by atoms with Gasteiger partial charge in [-0.15, -0.1) is 0 Å². The third-order valence-electron chi connectivity index (χ3n) is 14.4. The summed E-state index contributed by atoms with van der Waals surface area (Å²) in [4.78, 5) is 23.5. The molecular formula is C58H55N7. The van der Waals surface area contributed by atoms with Gasteiger partial charge in [0.25, 0.3) is 0 Å². The van der Waals surface area contributed by atoms with Gasteiger partial charge in [0, 0.05) is 33.7 Å². The van der Waals surface area contributed by atoms with Crippen molar-refractivity contribution in [3.63, 3.8) is 0 Å². The molecule has 322 valence electrons. The molecule has 0 amide bonds. The van der Waals surface area contributed by atoms with Gasteiger partial charge < -0.3 is 5.32 Å². The minimum absolute atomic E-state index is 0.0919. The number of aliphatic imine (C=N–C) groups is 2. The van der Waals surface area contributed by atoms with Crippen LogP contribution < -0.4 is 10.2 Å². The largest absolute Gasteiger partial charge is 0.330 e. The van der Waals surface area contributed by atoms with Gasteiger partial charge in [-0.25, -0.2) is 15.0 Å². The molecule has 4 aromatic carbocycles. The van der Waals surface area contributed by atoms with Crippen LogP contribution in [-0.4, -0.2) is 32.8 Å². The number of rotatable bonds is 6. The maximum atomic E-state index is 5.60. The normalized spacial score (nSPS) is 21.1. The molecule has 0 spiro atoms. The van der Waals surface area contributed by atoms with Crippen LogP contribution in [0.5, 0.6) is 0 Å². The van der Waals surface area contributed by atoms with Crippen molar-refractivity contribution < 1.29 is 0 Å². The molecule has 0 radical (unpaired) electrons. The Kier molecular flexibility index (Phi) is 10.1. The maximum absolute atomic E-state index is 5.60. The molecular weight excluding hydrogens is 795 g/mol. The molecule has 7 heteroatoms. The van der Waals surface area contributed by atoms with E-state index in [2.05, 4.69) is 195 Å². The third-order valence-corrected chi connectivity index (χ3v) is 14.4. The van der Waals surface area contributed by atoms with Crippen LogP contribution in [0.2, 0.25) is 0 Å². The first kappa shape index (κ1) is 40.6. The summed E-state index contributed by atoms with van der Waals surface area (Å²) in [7, 11) is 0. The van der Waals surface area contributed by atoms with Crippen LogP contribution >= 0.6 is 0 Å². The first-order valence-electron chi connectivity index (χ1n) is 23.2.